The zero-order chi connectivity index (χ0) is 19.3. The van der Waals surface area contributed by atoms with E-state index in [0.29, 0.717) is 0 Å². The predicted molar refractivity (Wildman–Crippen MR) is 111 cm³/mol. The lowest BCUT2D eigenvalue weighted by Gasteiger charge is -2.16. The number of nitrogens with one attached hydrogen (secondary N) is 2. The summed E-state index contributed by atoms with van der Waals surface area (Å²) in [4.78, 5) is 12.5. The lowest BCUT2D eigenvalue weighted by Crippen LogP contribution is -2.31. The number of aryl methyl sites for hydroxylation is 1. The van der Waals surface area contributed by atoms with Crippen molar-refractivity contribution in [2.75, 3.05) is 10.6 Å². The highest BCUT2D eigenvalue weighted by Gasteiger charge is 2.17. The Morgan fingerprint density at radius 2 is 1.82 bits per heavy atom. The molecule has 1 amide bonds. The van der Waals surface area contributed by atoms with Crippen molar-refractivity contribution in [3.05, 3.63) is 60.4 Å². The lowest BCUT2D eigenvalue weighted by molar-refractivity contribution is -0.116. The summed E-state index contributed by atoms with van der Waals surface area (Å²) in [5.41, 5.74) is 2.70. The molecule has 1 atom stereocenters. The molecule has 3 aromatic rings. The number of carbonyl (C=O) groups excluding carboxylic acids is 1. The van der Waals surface area contributed by atoms with Crippen molar-refractivity contribution in [2.45, 2.75) is 45.2 Å². The number of hydrogen-bond acceptors (Lipinski definition) is 4. The minimum Gasteiger partial charge on any atom is -0.374 e. The predicted octanol–water partition coefficient (Wildman–Crippen LogP) is 4.11. The summed E-state index contributed by atoms with van der Waals surface area (Å²) in [5, 5.41) is 15.0. The normalized spacial score (nSPS) is 14.6. The van der Waals surface area contributed by atoms with Gasteiger partial charge in [0.15, 0.2) is 5.82 Å². The van der Waals surface area contributed by atoms with Crippen LogP contribution in [0.3, 0.4) is 0 Å². The van der Waals surface area contributed by atoms with E-state index in [0.717, 1.165) is 48.0 Å². The smallest absolute Gasteiger partial charge is 0.246 e. The SMILES string of the molecule is C[C@H](Nc1cccc(-c2nnc3n2CCCCC3)c1)C(=O)Nc1ccccc1. The fourth-order valence-electron chi connectivity index (χ4n) is 3.53. The Morgan fingerprint density at radius 3 is 2.68 bits per heavy atom. The topological polar surface area (TPSA) is 71.8 Å². The molecular formula is C22H25N5O. The quantitative estimate of drug-likeness (QED) is 0.704. The van der Waals surface area contributed by atoms with E-state index >= 15 is 0 Å². The number of aromatic nitrogens is 3. The van der Waals surface area contributed by atoms with Crippen LogP contribution in [-0.4, -0.2) is 26.7 Å². The first-order chi connectivity index (χ1) is 13.7. The van der Waals surface area contributed by atoms with Gasteiger partial charge in [-0.2, -0.15) is 0 Å². The second-order valence-corrected chi connectivity index (χ2v) is 7.20. The van der Waals surface area contributed by atoms with Gasteiger partial charge in [0.05, 0.1) is 0 Å². The fourth-order valence-corrected chi connectivity index (χ4v) is 3.53. The molecule has 0 radical (unpaired) electrons. The van der Waals surface area contributed by atoms with E-state index in [2.05, 4.69) is 25.4 Å². The van der Waals surface area contributed by atoms with Crippen LogP contribution in [0, 0.1) is 0 Å². The van der Waals surface area contributed by atoms with Crippen LogP contribution in [0.5, 0.6) is 0 Å². The summed E-state index contributed by atoms with van der Waals surface area (Å²) < 4.78 is 2.23. The maximum Gasteiger partial charge on any atom is 0.246 e. The minimum atomic E-state index is -0.369. The zero-order valence-electron chi connectivity index (χ0n) is 16.1. The van der Waals surface area contributed by atoms with E-state index in [-0.39, 0.29) is 11.9 Å². The Morgan fingerprint density at radius 1 is 1.00 bits per heavy atom. The van der Waals surface area contributed by atoms with E-state index in [1.807, 2.05) is 61.5 Å². The molecule has 0 fully saturated rings. The number of fused-ring (bicyclic) bond motifs is 1. The first-order valence-electron chi connectivity index (χ1n) is 9.86. The van der Waals surface area contributed by atoms with Gasteiger partial charge in [0.25, 0.3) is 0 Å². The van der Waals surface area contributed by atoms with Gasteiger partial charge in [-0.15, -0.1) is 10.2 Å². The molecule has 0 bridgehead atoms. The highest BCUT2D eigenvalue weighted by atomic mass is 16.2. The number of hydrogen-bond donors (Lipinski definition) is 2. The van der Waals surface area contributed by atoms with E-state index in [4.69, 9.17) is 0 Å². The molecule has 28 heavy (non-hydrogen) atoms. The van der Waals surface area contributed by atoms with Crippen LogP contribution in [-0.2, 0) is 17.8 Å². The van der Waals surface area contributed by atoms with Gasteiger partial charge in [0.2, 0.25) is 5.91 Å². The molecule has 0 saturated heterocycles. The molecule has 0 unspecified atom stereocenters. The number of carbonyl (C=O) groups is 1. The van der Waals surface area contributed by atoms with E-state index in [1.165, 1.54) is 12.8 Å². The molecule has 6 nitrogen and oxygen atoms in total. The summed E-state index contributed by atoms with van der Waals surface area (Å²) in [6.07, 6.45) is 4.56. The van der Waals surface area contributed by atoms with E-state index < -0.39 is 0 Å². The van der Waals surface area contributed by atoms with Crippen LogP contribution in [0.2, 0.25) is 0 Å². The molecule has 1 aliphatic heterocycles. The summed E-state index contributed by atoms with van der Waals surface area (Å²) in [6.45, 7) is 2.82. The molecule has 1 aromatic heterocycles. The van der Waals surface area contributed by atoms with Crippen molar-refractivity contribution in [2.24, 2.45) is 0 Å². The van der Waals surface area contributed by atoms with Crippen molar-refractivity contribution in [1.82, 2.24) is 14.8 Å². The second kappa shape index (κ2) is 8.25. The largest absolute Gasteiger partial charge is 0.374 e. The van der Waals surface area contributed by atoms with Crippen LogP contribution < -0.4 is 10.6 Å². The van der Waals surface area contributed by atoms with Crippen LogP contribution in [0.25, 0.3) is 11.4 Å². The van der Waals surface area contributed by atoms with Crippen molar-refractivity contribution in [3.63, 3.8) is 0 Å². The number of nitrogens with zero attached hydrogens (tertiary/aromatic N) is 3. The molecule has 6 heteroatoms. The van der Waals surface area contributed by atoms with E-state index in [9.17, 15) is 4.79 Å². The van der Waals surface area contributed by atoms with Crippen molar-refractivity contribution >= 4 is 17.3 Å². The van der Waals surface area contributed by atoms with Crippen molar-refractivity contribution < 1.29 is 4.79 Å². The summed E-state index contributed by atoms with van der Waals surface area (Å²) in [7, 11) is 0. The molecule has 0 spiro atoms. The van der Waals surface area contributed by atoms with Gasteiger partial charge < -0.3 is 15.2 Å². The number of rotatable bonds is 5. The average Bonchev–Trinajstić information content (AvgIpc) is 2.97. The van der Waals surface area contributed by atoms with Gasteiger partial charge >= 0.3 is 0 Å². The van der Waals surface area contributed by atoms with Gasteiger partial charge in [0.1, 0.15) is 11.9 Å². The zero-order valence-corrected chi connectivity index (χ0v) is 16.1. The monoisotopic (exact) mass is 375 g/mol. The molecule has 0 saturated carbocycles. The first-order valence-corrected chi connectivity index (χ1v) is 9.86. The number of amides is 1. The molecule has 4 rings (SSSR count). The highest BCUT2D eigenvalue weighted by Crippen LogP contribution is 2.25. The first kappa shape index (κ1) is 18.2. The third-order valence-electron chi connectivity index (χ3n) is 5.05. The van der Waals surface area contributed by atoms with Crippen molar-refractivity contribution in [1.29, 1.82) is 0 Å². The molecule has 1 aliphatic rings. The van der Waals surface area contributed by atoms with Crippen LogP contribution >= 0.6 is 0 Å². The molecule has 2 N–H and O–H groups in total. The van der Waals surface area contributed by atoms with Crippen molar-refractivity contribution in [3.8, 4) is 11.4 Å². The summed E-state index contributed by atoms with van der Waals surface area (Å²) >= 11 is 0. The Balaban J connectivity index is 1.48. The Kier molecular flexibility index (Phi) is 5.37. The van der Waals surface area contributed by atoms with Crippen LogP contribution in [0.4, 0.5) is 11.4 Å². The van der Waals surface area contributed by atoms with Crippen LogP contribution in [0.15, 0.2) is 54.6 Å². The molecule has 0 aliphatic carbocycles. The maximum absolute atomic E-state index is 12.5. The molecule has 2 heterocycles. The molecule has 2 aromatic carbocycles. The summed E-state index contributed by atoms with van der Waals surface area (Å²) in [6, 6.07) is 17.1. The number of benzene rings is 2. The molecular weight excluding hydrogens is 350 g/mol. The summed E-state index contributed by atoms with van der Waals surface area (Å²) in [5.74, 6) is 1.90. The van der Waals surface area contributed by atoms with E-state index in [1.54, 1.807) is 0 Å². The van der Waals surface area contributed by atoms with Gasteiger partial charge in [-0.25, -0.2) is 0 Å². The fraction of sp³-hybridized carbons (Fsp3) is 0.318. The average molecular weight is 375 g/mol. The van der Waals surface area contributed by atoms with Gasteiger partial charge in [-0.05, 0) is 44.0 Å². The lowest BCUT2D eigenvalue weighted by atomic mass is 10.1. The van der Waals surface area contributed by atoms with Crippen LogP contribution in [0.1, 0.15) is 32.0 Å². The minimum absolute atomic E-state index is 0.0760. The Labute approximate surface area is 165 Å². The van der Waals surface area contributed by atoms with Gasteiger partial charge in [-0.1, -0.05) is 36.8 Å². The van der Waals surface area contributed by atoms with Gasteiger partial charge in [-0.3, -0.25) is 4.79 Å². The Hall–Kier alpha value is -3.15. The highest BCUT2D eigenvalue weighted by molar-refractivity contribution is 5.96. The molecule has 144 valence electrons. The third-order valence-corrected chi connectivity index (χ3v) is 5.05. The van der Waals surface area contributed by atoms with Gasteiger partial charge in [0, 0.05) is 29.9 Å². The number of para-hydroxylation sites is 1. The second-order valence-electron chi connectivity index (χ2n) is 7.20. The number of anilines is 2. The Bertz CT molecular complexity index is 951. The maximum atomic E-state index is 12.5. The standard InChI is InChI=1S/C22H25N5O/c1-16(22(28)24-18-10-4-2-5-11-18)23-19-12-8-9-17(15-19)21-26-25-20-13-6-3-7-14-27(20)21/h2,4-5,8-12,15-16,23H,3,6-7,13-14H2,1H3,(H,24,28)/t16-/m0/s1. The third kappa shape index (κ3) is 4.06.